The van der Waals surface area contributed by atoms with Crippen LogP contribution in [0.15, 0.2) is 48.5 Å². The Labute approximate surface area is 174 Å². The number of rotatable bonds is 5. The van der Waals surface area contributed by atoms with Crippen LogP contribution < -0.4 is 5.48 Å². The van der Waals surface area contributed by atoms with Crippen molar-refractivity contribution in [3.63, 3.8) is 0 Å². The van der Waals surface area contributed by atoms with Gasteiger partial charge in [-0.15, -0.1) is 0 Å². The van der Waals surface area contributed by atoms with Crippen molar-refractivity contribution in [1.82, 2.24) is 19.9 Å². The predicted molar refractivity (Wildman–Crippen MR) is 114 cm³/mol. The third-order valence-electron chi connectivity index (χ3n) is 5.67. The Kier molecular flexibility index (Phi) is 5.92. The van der Waals surface area contributed by atoms with Gasteiger partial charge in [0.15, 0.2) is 0 Å². The summed E-state index contributed by atoms with van der Waals surface area (Å²) in [6.07, 6.45) is 4.62. The minimum atomic E-state index is -0.714. The van der Waals surface area contributed by atoms with Crippen molar-refractivity contribution in [3.05, 3.63) is 59.9 Å². The number of carbonyl (C=O) groups is 1. The fourth-order valence-corrected chi connectivity index (χ4v) is 4.16. The summed E-state index contributed by atoms with van der Waals surface area (Å²) in [6.45, 7) is 5.25. The van der Waals surface area contributed by atoms with Crippen molar-refractivity contribution in [2.75, 3.05) is 19.6 Å². The van der Waals surface area contributed by atoms with Crippen LogP contribution >= 0.6 is 0 Å². The Hall–Kier alpha value is -3.03. The lowest BCUT2D eigenvalue weighted by Crippen LogP contribution is -2.36. The van der Waals surface area contributed by atoms with Gasteiger partial charge in [0.25, 0.3) is 5.91 Å². The minimum Gasteiger partial charge on any atom is -0.320 e. The maximum Gasteiger partial charge on any atom is 0.267 e. The largest absolute Gasteiger partial charge is 0.320 e. The lowest BCUT2D eigenvalue weighted by molar-refractivity contribution is -0.124. The van der Waals surface area contributed by atoms with E-state index in [9.17, 15) is 9.18 Å². The molecule has 2 N–H and O–H groups in total. The van der Waals surface area contributed by atoms with E-state index in [1.165, 1.54) is 17.6 Å². The van der Waals surface area contributed by atoms with Crippen LogP contribution in [-0.2, 0) is 4.79 Å². The molecule has 7 heteroatoms. The molecule has 1 fully saturated rings. The molecule has 0 unspecified atom stereocenters. The Bertz CT molecular complexity index is 1090. The maximum atomic E-state index is 14.3. The number of amides is 1. The molecular formula is C23H25FN4O2. The number of nitrogens with zero attached hydrogens (tertiary/aromatic N) is 3. The highest BCUT2D eigenvalue weighted by atomic mass is 19.1. The van der Waals surface area contributed by atoms with Crippen molar-refractivity contribution in [2.24, 2.45) is 0 Å². The van der Waals surface area contributed by atoms with E-state index in [0.717, 1.165) is 61.0 Å². The number of carbonyl (C=O) groups excluding carboxylic acids is 1. The molecule has 0 spiro atoms. The Morgan fingerprint density at radius 1 is 1.33 bits per heavy atom. The summed E-state index contributed by atoms with van der Waals surface area (Å²) in [5, 5.41) is 8.66. The quantitative estimate of drug-likeness (QED) is 0.380. The zero-order chi connectivity index (χ0) is 21.1. The molecule has 1 aromatic heterocycles. The lowest BCUT2D eigenvalue weighted by atomic mass is 10.0. The second-order valence-electron chi connectivity index (χ2n) is 7.53. The molecule has 1 aliphatic rings. The number of likely N-dealkylation sites (tertiary alicyclic amines) is 1. The summed E-state index contributed by atoms with van der Waals surface area (Å²) >= 11 is 0. The van der Waals surface area contributed by atoms with Gasteiger partial charge in [-0.2, -0.15) is 0 Å². The van der Waals surface area contributed by atoms with Crippen LogP contribution in [0, 0.1) is 5.82 Å². The van der Waals surface area contributed by atoms with Gasteiger partial charge in [0.1, 0.15) is 11.6 Å². The number of hydrogen-bond acceptors (Lipinski definition) is 4. The van der Waals surface area contributed by atoms with E-state index in [4.69, 9.17) is 10.2 Å². The fourth-order valence-electron chi connectivity index (χ4n) is 4.16. The normalized spacial score (nSPS) is 17.6. The van der Waals surface area contributed by atoms with Crippen molar-refractivity contribution >= 4 is 23.0 Å². The van der Waals surface area contributed by atoms with Crippen LogP contribution in [0.4, 0.5) is 4.39 Å². The van der Waals surface area contributed by atoms with Crippen LogP contribution in [0.3, 0.4) is 0 Å². The van der Waals surface area contributed by atoms with Gasteiger partial charge in [-0.1, -0.05) is 19.1 Å². The molecule has 0 bridgehead atoms. The lowest BCUT2D eigenvalue weighted by Gasteiger charge is -2.33. The van der Waals surface area contributed by atoms with Crippen LogP contribution in [0.5, 0.6) is 0 Å². The number of fused-ring (bicyclic) bond motifs is 1. The first-order valence-electron chi connectivity index (χ1n) is 10.2. The highest BCUT2D eigenvalue weighted by molar-refractivity contribution is 5.91. The maximum absolute atomic E-state index is 14.3. The molecule has 1 saturated heterocycles. The monoisotopic (exact) mass is 408 g/mol. The molecule has 0 radical (unpaired) electrons. The first-order chi connectivity index (χ1) is 14.6. The average Bonchev–Trinajstić information content (AvgIpc) is 3.18. The zero-order valence-corrected chi connectivity index (χ0v) is 16.9. The first-order valence-corrected chi connectivity index (χ1v) is 10.2. The SMILES string of the molecule is CCN1CCC[C@@H](n2c(-c3ccc(F)c(C=CC(=O)NO)c3)nc3ccccc32)C1. The zero-order valence-electron chi connectivity index (χ0n) is 16.9. The van der Waals surface area contributed by atoms with E-state index in [0.29, 0.717) is 0 Å². The number of piperidine rings is 1. The summed E-state index contributed by atoms with van der Waals surface area (Å²) in [6, 6.07) is 13.1. The molecule has 0 aliphatic carbocycles. The number of benzene rings is 2. The van der Waals surface area contributed by atoms with Gasteiger partial charge in [-0.25, -0.2) is 14.9 Å². The van der Waals surface area contributed by atoms with Gasteiger partial charge in [-0.05, 0) is 62.3 Å². The molecule has 156 valence electrons. The molecule has 2 heterocycles. The van der Waals surface area contributed by atoms with E-state index in [-0.39, 0.29) is 11.6 Å². The van der Waals surface area contributed by atoms with E-state index in [1.807, 2.05) is 18.2 Å². The number of hydrogen-bond donors (Lipinski definition) is 2. The number of halogens is 1. The molecule has 6 nitrogen and oxygen atoms in total. The van der Waals surface area contributed by atoms with Gasteiger partial charge in [0, 0.05) is 29.8 Å². The van der Waals surface area contributed by atoms with Crippen molar-refractivity contribution in [2.45, 2.75) is 25.8 Å². The van der Waals surface area contributed by atoms with E-state index >= 15 is 0 Å². The molecule has 3 aromatic rings. The van der Waals surface area contributed by atoms with Crippen LogP contribution in [0.25, 0.3) is 28.5 Å². The Morgan fingerprint density at radius 3 is 2.97 bits per heavy atom. The summed E-state index contributed by atoms with van der Waals surface area (Å²) in [5.41, 5.74) is 4.52. The van der Waals surface area contributed by atoms with Gasteiger partial charge in [0.2, 0.25) is 0 Å². The highest BCUT2D eigenvalue weighted by Gasteiger charge is 2.25. The summed E-state index contributed by atoms with van der Waals surface area (Å²) in [7, 11) is 0. The number of nitrogens with one attached hydrogen (secondary N) is 1. The molecular weight excluding hydrogens is 383 g/mol. The number of imidazole rings is 1. The molecule has 4 rings (SSSR count). The van der Waals surface area contributed by atoms with Gasteiger partial charge < -0.3 is 9.47 Å². The first kappa shape index (κ1) is 20.3. The number of aromatic nitrogens is 2. The van der Waals surface area contributed by atoms with Gasteiger partial charge >= 0.3 is 0 Å². The standard InChI is InChI=1S/C23H25FN4O2/c1-2-27-13-5-6-18(15-27)28-21-8-4-3-7-20(21)25-23(28)17-9-11-19(24)16(14-17)10-12-22(29)26-30/h3-4,7-12,14,18,30H,2,5-6,13,15H2,1H3,(H,26,29)/t18-/m1/s1. The fraction of sp³-hybridized carbons (Fsp3) is 0.304. The third-order valence-corrected chi connectivity index (χ3v) is 5.67. The summed E-state index contributed by atoms with van der Waals surface area (Å²) in [5.74, 6) is -0.368. The average molecular weight is 408 g/mol. The van der Waals surface area contributed by atoms with Crippen LogP contribution in [0.2, 0.25) is 0 Å². The molecule has 1 aliphatic heterocycles. The summed E-state index contributed by atoms with van der Waals surface area (Å²) in [4.78, 5) is 18.6. The van der Waals surface area contributed by atoms with Crippen LogP contribution in [0.1, 0.15) is 31.4 Å². The van der Waals surface area contributed by atoms with Crippen molar-refractivity contribution in [1.29, 1.82) is 0 Å². The van der Waals surface area contributed by atoms with E-state index < -0.39 is 11.7 Å². The summed E-state index contributed by atoms with van der Waals surface area (Å²) < 4.78 is 16.6. The second kappa shape index (κ2) is 8.77. The molecule has 30 heavy (non-hydrogen) atoms. The van der Waals surface area contributed by atoms with Gasteiger partial charge in [-0.3, -0.25) is 10.0 Å². The van der Waals surface area contributed by atoms with Crippen molar-refractivity contribution < 1.29 is 14.4 Å². The van der Waals surface area contributed by atoms with Crippen LogP contribution in [-0.4, -0.2) is 45.2 Å². The molecule has 1 atom stereocenters. The number of hydroxylamine groups is 1. The molecule has 1 amide bonds. The van der Waals surface area contributed by atoms with E-state index in [2.05, 4.69) is 22.5 Å². The van der Waals surface area contributed by atoms with Gasteiger partial charge in [0.05, 0.1) is 11.0 Å². The Balaban J connectivity index is 1.81. The Morgan fingerprint density at radius 2 is 2.17 bits per heavy atom. The third kappa shape index (κ3) is 3.99. The molecule has 0 saturated carbocycles. The van der Waals surface area contributed by atoms with E-state index in [1.54, 1.807) is 12.1 Å². The number of para-hydroxylation sites is 2. The highest BCUT2D eigenvalue weighted by Crippen LogP contribution is 2.33. The smallest absolute Gasteiger partial charge is 0.267 e. The predicted octanol–water partition coefficient (Wildman–Crippen LogP) is 4.02. The topological polar surface area (TPSA) is 70.4 Å². The molecule has 2 aromatic carbocycles. The second-order valence-corrected chi connectivity index (χ2v) is 7.53. The number of likely N-dealkylation sites (N-methyl/N-ethyl adjacent to an activating group) is 1. The van der Waals surface area contributed by atoms with Crippen molar-refractivity contribution in [3.8, 4) is 11.4 Å². The minimum absolute atomic E-state index is 0.258.